The van der Waals surface area contributed by atoms with Gasteiger partial charge in [0.05, 0.1) is 17.4 Å². The van der Waals surface area contributed by atoms with E-state index in [0.29, 0.717) is 17.9 Å². The van der Waals surface area contributed by atoms with Crippen LogP contribution in [0, 0.1) is 11.3 Å². The lowest BCUT2D eigenvalue weighted by atomic mass is 10.2. The van der Waals surface area contributed by atoms with Gasteiger partial charge in [-0.3, -0.25) is 4.79 Å². The van der Waals surface area contributed by atoms with Gasteiger partial charge in [-0.1, -0.05) is 40.2 Å². The first kappa shape index (κ1) is 17.6. The van der Waals surface area contributed by atoms with Crippen molar-refractivity contribution in [3.63, 3.8) is 0 Å². The van der Waals surface area contributed by atoms with Crippen molar-refractivity contribution in [2.24, 2.45) is 0 Å². The normalized spacial score (nSPS) is 10.1. The van der Waals surface area contributed by atoms with E-state index in [1.807, 2.05) is 43.4 Å². The fraction of sp³-hybridized carbons (Fsp3) is 0.222. The summed E-state index contributed by atoms with van der Waals surface area (Å²) in [6.07, 6.45) is 0. The number of carbonyl (C=O) groups excluding carboxylic acids is 1. The van der Waals surface area contributed by atoms with Crippen LogP contribution in [0.3, 0.4) is 0 Å². The molecule has 0 spiro atoms. The van der Waals surface area contributed by atoms with Crippen LogP contribution in [0.15, 0.2) is 53.0 Å². The Kier molecular flexibility index (Phi) is 6.69. The monoisotopic (exact) mass is 388 g/mol. The first-order valence-corrected chi connectivity index (χ1v) is 9.08. The number of benzene rings is 2. The molecule has 0 bridgehead atoms. The summed E-state index contributed by atoms with van der Waals surface area (Å²) in [6, 6.07) is 17.6. The third-order valence-corrected chi connectivity index (χ3v) is 4.85. The first-order valence-electron chi connectivity index (χ1n) is 7.13. The van der Waals surface area contributed by atoms with Gasteiger partial charge in [0.2, 0.25) is 5.91 Å². The maximum Gasteiger partial charge on any atom is 0.232 e. The molecule has 2 rings (SSSR count). The van der Waals surface area contributed by atoms with Crippen LogP contribution in [0.4, 0.5) is 0 Å². The zero-order chi connectivity index (χ0) is 16.7. The quantitative estimate of drug-likeness (QED) is 0.743. The van der Waals surface area contributed by atoms with E-state index < -0.39 is 0 Å². The minimum Gasteiger partial charge on any atom is -0.341 e. The number of rotatable bonds is 6. The molecule has 0 aliphatic rings. The highest BCUT2D eigenvalue weighted by Crippen LogP contribution is 2.15. The number of amides is 1. The predicted molar refractivity (Wildman–Crippen MR) is 97.9 cm³/mol. The SMILES string of the molecule is CN(Cc1ccc(Br)cc1)C(=O)CSCc1ccc(C#N)cc1. The second kappa shape index (κ2) is 8.76. The molecule has 3 nitrogen and oxygen atoms in total. The van der Waals surface area contributed by atoms with Crippen LogP contribution < -0.4 is 0 Å². The third-order valence-electron chi connectivity index (χ3n) is 3.34. The predicted octanol–water partition coefficient (Wildman–Crippen LogP) is 4.21. The van der Waals surface area contributed by atoms with Crippen molar-refractivity contribution >= 4 is 33.6 Å². The minimum atomic E-state index is 0.117. The van der Waals surface area contributed by atoms with Crippen LogP contribution in [0.1, 0.15) is 16.7 Å². The van der Waals surface area contributed by atoms with Gasteiger partial charge in [0.1, 0.15) is 0 Å². The Labute approximate surface area is 149 Å². The zero-order valence-electron chi connectivity index (χ0n) is 12.8. The Morgan fingerprint density at radius 2 is 1.74 bits per heavy atom. The smallest absolute Gasteiger partial charge is 0.232 e. The molecular weight excluding hydrogens is 372 g/mol. The topological polar surface area (TPSA) is 44.1 Å². The van der Waals surface area contributed by atoms with Gasteiger partial charge in [-0.15, -0.1) is 11.8 Å². The maximum absolute atomic E-state index is 12.2. The van der Waals surface area contributed by atoms with E-state index in [2.05, 4.69) is 22.0 Å². The second-order valence-electron chi connectivity index (χ2n) is 5.18. The van der Waals surface area contributed by atoms with Crippen LogP contribution in [0.25, 0.3) is 0 Å². The van der Waals surface area contributed by atoms with Crippen LogP contribution >= 0.6 is 27.7 Å². The van der Waals surface area contributed by atoms with Gasteiger partial charge < -0.3 is 4.90 Å². The molecule has 2 aromatic rings. The number of nitriles is 1. The summed E-state index contributed by atoms with van der Waals surface area (Å²) in [5.74, 6) is 1.34. The van der Waals surface area contributed by atoms with E-state index in [9.17, 15) is 4.79 Å². The zero-order valence-corrected chi connectivity index (χ0v) is 15.2. The number of halogens is 1. The molecule has 0 aliphatic carbocycles. The number of hydrogen-bond acceptors (Lipinski definition) is 3. The molecule has 118 valence electrons. The Balaban J connectivity index is 1.77. The second-order valence-corrected chi connectivity index (χ2v) is 7.08. The summed E-state index contributed by atoms with van der Waals surface area (Å²) >= 11 is 4.99. The number of nitrogens with zero attached hydrogens (tertiary/aromatic N) is 2. The highest BCUT2D eigenvalue weighted by Gasteiger charge is 2.09. The molecule has 5 heteroatoms. The summed E-state index contributed by atoms with van der Waals surface area (Å²) in [5, 5.41) is 8.77. The van der Waals surface area contributed by atoms with Gasteiger partial charge in [-0.2, -0.15) is 5.26 Å². The summed E-state index contributed by atoms with van der Waals surface area (Å²) < 4.78 is 1.04. The van der Waals surface area contributed by atoms with E-state index >= 15 is 0 Å². The van der Waals surface area contributed by atoms with Crippen LogP contribution in [0.2, 0.25) is 0 Å². The molecule has 0 saturated heterocycles. The van der Waals surface area contributed by atoms with E-state index in [-0.39, 0.29) is 5.91 Å². The van der Waals surface area contributed by atoms with Gasteiger partial charge in [0.15, 0.2) is 0 Å². The highest BCUT2D eigenvalue weighted by molar-refractivity contribution is 9.10. The van der Waals surface area contributed by atoms with Gasteiger partial charge >= 0.3 is 0 Å². The van der Waals surface area contributed by atoms with Gasteiger partial charge in [-0.25, -0.2) is 0 Å². The molecule has 2 aromatic carbocycles. The van der Waals surface area contributed by atoms with Crippen molar-refractivity contribution in [1.29, 1.82) is 5.26 Å². The maximum atomic E-state index is 12.2. The van der Waals surface area contributed by atoms with Crippen molar-refractivity contribution in [3.05, 3.63) is 69.7 Å². The van der Waals surface area contributed by atoms with Crippen molar-refractivity contribution < 1.29 is 4.79 Å². The molecule has 23 heavy (non-hydrogen) atoms. The van der Waals surface area contributed by atoms with Crippen LogP contribution in [-0.4, -0.2) is 23.6 Å². The molecule has 0 unspecified atom stereocenters. The van der Waals surface area contributed by atoms with Gasteiger partial charge in [-0.05, 0) is 35.4 Å². The summed E-state index contributed by atoms with van der Waals surface area (Å²) in [6.45, 7) is 0.615. The molecule has 0 aromatic heterocycles. The van der Waals surface area contributed by atoms with E-state index in [0.717, 1.165) is 21.4 Å². The van der Waals surface area contributed by atoms with Gasteiger partial charge in [0.25, 0.3) is 0 Å². The Morgan fingerprint density at radius 1 is 1.13 bits per heavy atom. The molecule has 0 N–H and O–H groups in total. The van der Waals surface area contributed by atoms with Crippen molar-refractivity contribution in [2.45, 2.75) is 12.3 Å². The average Bonchev–Trinajstić information content (AvgIpc) is 2.57. The fourth-order valence-electron chi connectivity index (χ4n) is 1.99. The number of thioether (sulfide) groups is 1. The molecule has 0 atom stereocenters. The Bertz CT molecular complexity index is 692. The lowest BCUT2D eigenvalue weighted by molar-refractivity contribution is -0.127. The molecule has 1 amide bonds. The Morgan fingerprint density at radius 3 is 2.35 bits per heavy atom. The minimum absolute atomic E-state index is 0.117. The molecule has 0 heterocycles. The van der Waals surface area contributed by atoms with E-state index in [1.54, 1.807) is 28.8 Å². The van der Waals surface area contributed by atoms with Crippen LogP contribution in [0.5, 0.6) is 0 Å². The molecule has 0 radical (unpaired) electrons. The number of hydrogen-bond donors (Lipinski definition) is 0. The Hall–Kier alpha value is -1.77. The van der Waals surface area contributed by atoms with Crippen LogP contribution in [-0.2, 0) is 17.1 Å². The van der Waals surface area contributed by atoms with Crippen molar-refractivity contribution in [3.8, 4) is 6.07 Å². The van der Waals surface area contributed by atoms with E-state index in [4.69, 9.17) is 5.26 Å². The lowest BCUT2D eigenvalue weighted by Crippen LogP contribution is -2.27. The highest BCUT2D eigenvalue weighted by atomic mass is 79.9. The summed E-state index contributed by atoms with van der Waals surface area (Å²) in [7, 11) is 1.83. The largest absolute Gasteiger partial charge is 0.341 e. The molecule has 0 aliphatic heterocycles. The fourth-order valence-corrected chi connectivity index (χ4v) is 3.18. The average molecular weight is 389 g/mol. The van der Waals surface area contributed by atoms with Crippen molar-refractivity contribution in [1.82, 2.24) is 4.90 Å². The van der Waals surface area contributed by atoms with Crippen molar-refractivity contribution in [2.75, 3.05) is 12.8 Å². The molecular formula is C18H17BrN2OS. The lowest BCUT2D eigenvalue weighted by Gasteiger charge is -2.17. The first-order chi connectivity index (χ1) is 11.1. The molecule has 0 fully saturated rings. The van der Waals surface area contributed by atoms with Gasteiger partial charge in [0, 0.05) is 23.8 Å². The third kappa shape index (κ3) is 5.74. The number of carbonyl (C=O) groups is 1. The van der Waals surface area contributed by atoms with E-state index in [1.165, 1.54) is 0 Å². The summed E-state index contributed by atoms with van der Waals surface area (Å²) in [5.41, 5.74) is 2.89. The summed E-state index contributed by atoms with van der Waals surface area (Å²) in [4.78, 5) is 13.9. The standard InChI is InChI=1S/C18H17BrN2OS/c1-21(11-15-6-8-17(19)9-7-15)18(22)13-23-12-16-4-2-14(10-20)3-5-16/h2-9H,11-13H2,1H3. The molecule has 0 saturated carbocycles.